The van der Waals surface area contributed by atoms with Crippen LogP contribution >= 0.6 is 23.2 Å². The van der Waals surface area contributed by atoms with Gasteiger partial charge in [-0.15, -0.1) is 0 Å². The SMILES string of the molecule is COC(=O)C1CCc2c(Cl)cc(Cl)cc2N1NC(=O)Cc1ccc(CNC(=O)OC(C)(C)C)cc1. The van der Waals surface area contributed by atoms with Crippen LogP contribution in [0.15, 0.2) is 36.4 Å². The van der Waals surface area contributed by atoms with Crippen molar-refractivity contribution in [3.8, 4) is 0 Å². The molecule has 2 aromatic rings. The number of carbonyl (C=O) groups is 3. The number of hydrogen-bond acceptors (Lipinski definition) is 6. The average Bonchev–Trinajstić information content (AvgIpc) is 2.77. The summed E-state index contributed by atoms with van der Waals surface area (Å²) < 4.78 is 10.2. The first-order valence-corrected chi connectivity index (χ1v) is 11.9. The molecule has 2 N–H and O–H groups in total. The molecule has 0 bridgehead atoms. The Morgan fingerprint density at radius 3 is 2.37 bits per heavy atom. The highest BCUT2D eigenvalue weighted by molar-refractivity contribution is 6.35. The Kier molecular flexibility index (Phi) is 8.51. The van der Waals surface area contributed by atoms with Gasteiger partial charge in [0.2, 0.25) is 5.91 Å². The number of hydrazine groups is 1. The van der Waals surface area contributed by atoms with Gasteiger partial charge in [-0.05, 0) is 62.4 Å². The minimum atomic E-state index is -0.702. The predicted octanol–water partition coefficient (Wildman–Crippen LogP) is 4.59. The summed E-state index contributed by atoms with van der Waals surface area (Å²) >= 11 is 12.5. The molecule has 2 aromatic carbocycles. The van der Waals surface area contributed by atoms with Crippen molar-refractivity contribution < 1.29 is 23.9 Å². The monoisotopic (exact) mass is 521 g/mol. The molecule has 1 atom stereocenters. The van der Waals surface area contributed by atoms with E-state index in [4.69, 9.17) is 32.7 Å². The van der Waals surface area contributed by atoms with Crippen LogP contribution in [-0.2, 0) is 38.4 Å². The molecule has 0 fully saturated rings. The number of nitrogens with one attached hydrogen (secondary N) is 2. The molecular formula is C25H29Cl2N3O5. The molecule has 35 heavy (non-hydrogen) atoms. The maximum atomic E-state index is 12.9. The van der Waals surface area contributed by atoms with Crippen LogP contribution in [0.5, 0.6) is 0 Å². The number of nitrogens with zero attached hydrogens (tertiary/aromatic N) is 1. The molecule has 0 saturated carbocycles. The van der Waals surface area contributed by atoms with E-state index >= 15 is 0 Å². The summed E-state index contributed by atoms with van der Waals surface area (Å²) in [6, 6.07) is 9.87. The van der Waals surface area contributed by atoms with Crippen molar-refractivity contribution in [3.05, 3.63) is 63.1 Å². The number of hydrogen-bond donors (Lipinski definition) is 2. The van der Waals surface area contributed by atoms with Crippen LogP contribution in [0, 0.1) is 0 Å². The van der Waals surface area contributed by atoms with E-state index in [0.717, 1.165) is 16.7 Å². The van der Waals surface area contributed by atoms with Crippen molar-refractivity contribution in [1.82, 2.24) is 10.7 Å². The highest BCUT2D eigenvalue weighted by atomic mass is 35.5. The zero-order valence-corrected chi connectivity index (χ0v) is 21.6. The van der Waals surface area contributed by atoms with Gasteiger partial charge in [-0.1, -0.05) is 47.5 Å². The zero-order valence-electron chi connectivity index (χ0n) is 20.1. The van der Waals surface area contributed by atoms with E-state index in [1.54, 1.807) is 45.0 Å². The third-order valence-electron chi connectivity index (χ3n) is 5.32. The van der Waals surface area contributed by atoms with Gasteiger partial charge in [0.15, 0.2) is 0 Å². The van der Waals surface area contributed by atoms with Crippen LogP contribution < -0.4 is 15.8 Å². The molecule has 0 spiro atoms. The lowest BCUT2D eigenvalue weighted by molar-refractivity contribution is -0.142. The van der Waals surface area contributed by atoms with Gasteiger partial charge < -0.3 is 14.8 Å². The number of benzene rings is 2. The van der Waals surface area contributed by atoms with E-state index in [1.165, 1.54) is 12.1 Å². The van der Waals surface area contributed by atoms with Crippen molar-refractivity contribution in [3.63, 3.8) is 0 Å². The molecule has 1 unspecified atom stereocenters. The number of rotatable bonds is 6. The highest BCUT2D eigenvalue weighted by Gasteiger charge is 2.35. The molecule has 1 heterocycles. The summed E-state index contributed by atoms with van der Waals surface area (Å²) in [4.78, 5) is 37.1. The van der Waals surface area contributed by atoms with Gasteiger partial charge >= 0.3 is 12.1 Å². The van der Waals surface area contributed by atoms with Crippen LogP contribution in [0.25, 0.3) is 0 Å². The molecule has 10 heteroatoms. The van der Waals surface area contributed by atoms with Gasteiger partial charge in [0.05, 0.1) is 19.2 Å². The van der Waals surface area contributed by atoms with Gasteiger partial charge in [-0.3, -0.25) is 15.2 Å². The summed E-state index contributed by atoms with van der Waals surface area (Å²) in [5.41, 5.74) is 5.25. The normalized spacial score (nSPS) is 15.1. The maximum Gasteiger partial charge on any atom is 0.407 e. The number of fused-ring (bicyclic) bond motifs is 1. The molecule has 0 aromatic heterocycles. The number of ether oxygens (including phenoxy) is 2. The summed E-state index contributed by atoms with van der Waals surface area (Å²) in [5.74, 6) is -0.781. The number of methoxy groups -OCH3 is 1. The van der Waals surface area contributed by atoms with E-state index < -0.39 is 23.7 Å². The standard InChI is InChI=1S/C25H29Cl2N3O5/c1-25(2,3)35-24(33)28-14-16-7-5-15(6-8-16)11-22(31)29-30-20(23(32)34-4)10-9-18-19(27)12-17(26)13-21(18)30/h5-8,12-13,20H,9-11,14H2,1-4H3,(H,28,33)(H,29,31). The molecule has 188 valence electrons. The third kappa shape index (κ3) is 7.26. The number of carbonyl (C=O) groups excluding carboxylic acids is 3. The minimum Gasteiger partial charge on any atom is -0.467 e. The third-order valence-corrected chi connectivity index (χ3v) is 5.87. The second-order valence-corrected chi connectivity index (χ2v) is 10.1. The Morgan fingerprint density at radius 1 is 1.09 bits per heavy atom. The highest BCUT2D eigenvalue weighted by Crippen LogP contribution is 2.37. The number of alkyl carbamates (subject to hydrolysis) is 1. The number of esters is 1. The van der Waals surface area contributed by atoms with Crippen LogP contribution in [-0.4, -0.2) is 36.7 Å². The van der Waals surface area contributed by atoms with E-state index in [0.29, 0.717) is 35.1 Å². The Hall–Kier alpha value is -2.97. The molecule has 0 radical (unpaired) electrons. The predicted molar refractivity (Wildman–Crippen MR) is 134 cm³/mol. The maximum absolute atomic E-state index is 12.9. The second kappa shape index (κ2) is 11.2. The van der Waals surface area contributed by atoms with E-state index in [9.17, 15) is 14.4 Å². The van der Waals surface area contributed by atoms with E-state index in [2.05, 4.69) is 10.7 Å². The second-order valence-electron chi connectivity index (χ2n) is 9.22. The molecule has 0 saturated heterocycles. The van der Waals surface area contributed by atoms with Gasteiger partial charge in [0.25, 0.3) is 0 Å². The number of amides is 2. The first-order chi connectivity index (χ1) is 16.5. The molecule has 3 rings (SSSR count). The van der Waals surface area contributed by atoms with E-state index in [1.807, 2.05) is 12.1 Å². The fraction of sp³-hybridized carbons (Fsp3) is 0.400. The molecule has 8 nitrogen and oxygen atoms in total. The Morgan fingerprint density at radius 2 is 1.74 bits per heavy atom. The smallest absolute Gasteiger partial charge is 0.407 e. The van der Waals surface area contributed by atoms with Gasteiger partial charge in [-0.25, -0.2) is 9.59 Å². The number of halogens is 2. The lowest BCUT2D eigenvalue weighted by Crippen LogP contribution is -2.55. The summed E-state index contributed by atoms with van der Waals surface area (Å²) in [6.45, 7) is 5.69. The zero-order chi connectivity index (χ0) is 25.8. The molecule has 1 aliphatic heterocycles. The van der Waals surface area contributed by atoms with Crippen LogP contribution in [0.1, 0.15) is 43.9 Å². The largest absolute Gasteiger partial charge is 0.467 e. The average molecular weight is 522 g/mol. The Labute approximate surface area is 214 Å². The Balaban J connectivity index is 1.67. The van der Waals surface area contributed by atoms with Crippen molar-refractivity contribution >= 4 is 46.9 Å². The summed E-state index contributed by atoms with van der Waals surface area (Å²) in [6.07, 6.45) is 0.563. The summed E-state index contributed by atoms with van der Waals surface area (Å²) in [5, 5.41) is 5.06. The molecule has 1 aliphatic rings. The minimum absolute atomic E-state index is 0.0772. The fourth-order valence-corrected chi connectivity index (χ4v) is 4.33. The van der Waals surface area contributed by atoms with Crippen molar-refractivity contribution in [2.24, 2.45) is 0 Å². The van der Waals surface area contributed by atoms with Crippen molar-refractivity contribution in [1.29, 1.82) is 0 Å². The van der Waals surface area contributed by atoms with Crippen molar-refractivity contribution in [2.75, 3.05) is 12.1 Å². The first-order valence-electron chi connectivity index (χ1n) is 11.2. The lowest BCUT2D eigenvalue weighted by atomic mass is 9.97. The number of anilines is 1. The van der Waals surface area contributed by atoms with Gasteiger partial charge in [-0.2, -0.15) is 0 Å². The molecule has 0 aliphatic carbocycles. The first kappa shape index (κ1) is 26.6. The molecule has 2 amide bonds. The van der Waals surface area contributed by atoms with Gasteiger partial charge in [0.1, 0.15) is 11.6 Å². The topological polar surface area (TPSA) is 97.0 Å². The van der Waals surface area contributed by atoms with Crippen LogP contribution in [0.4, 0.5) is 10.5 Å². The van der Waals surface area contributed by atoms with Crippen LogP contribution in [0.3, 0.4) is 0 Å². The lowest BCUT2D eigenvalue weighted by Gasteiger charge is -2.37. The van der Waals surface area contributed by atoms with Gasteiger partial charge in [0, 0.05) is 16.6 Å². The van der Waals surface area contributed by atoms with Crippen molar-refractivity contribution in [2.45, 2.75) is 58.2 Å². The molecular weight excluding hydrogens is 493 g/mol. The summed E-state index contributed by atoms with van der Waals surface area (Å²) in [7, 11) is 1.31. The Bertz CT molecular complexity index is 1100. The van der Waals surface area contributed by atoms with Crippen LogP contribution in [0.2, 0.25) is 10.0 Å². The quantitative estimate of drug-likeness (QED) is 0.539. The fourth-order valence-electron chi connectivity index (χ4n) is 3.75. The van der Waals surface area contributed by atoms with E-state index in [-0.39, 0.29) is 12.3 Å².